The van der Waals surface area contributed by atoms with E-state index in [0.29, 0.717) is 17.8 Å². The summed E-state index contributed by atoms with van der Waals surface area (Å²) >= 11 is 0. The second kappa shape index (κ2) is 9.11. The van der Waals surface area contributed by atoms with Crippen LogP contribution in [-0.2, 0) is 19.1 Å². The molecule has 1 heterocycles. The van der Waals surface area contributed by atoms with E-state index in [0.717, 1.165) is 32.1 Å². The molecule has 0 aromatic rings. The predicted molar refractivity (Wildman–Crippen MR) is 109 cm³/mol. The molecule has 0 N–H and O–H groups in total. The zero-order valence-electron chi connectivity index (χ0n) is 17.6. The minimum Gasteiger partial charge on any atom is -0.461 e. The van der Waals surface area contributed by atoms with E-state index in [1.807, 2.05) is 19.9 Å². The second-order valence-corrected chi connectivity index (χ2v) is 8.85. The Bertz CT molecular complexity index is 674. The summed E-state index contributed by atoms with van der Waals surface area (Å²) in [5.41, 5.74) is 1.31. The van der Waals surface area contributed by atoms with Gasteiger partial charge in [0.1, 0.15) is 12.2 Å². The largest absolute Gasteiger partial charge is 0.461 e. The van der Waals surface area contributed by atoms with Crippen LogP contribution in [0.5, 0.6) is 0 Å². The van der Waals surface area contributed by atoms with Crippen molar-refractivity contribution in [2.45, 2.75) is 72.0 Å². The Morgan fingerprint density at radius 1 is 1.29 bits per heavy atom. The molecule has 0 aromatic carbocycles. The van der Waals surface area contributed by atoms with Crippen molar-refractivity contribution in [2.24, 2.45) is 29.6 Å². The molecule has 154 valence electrons. The van der Waals surface area contributed by atoms with E-state index in [1.54, 1.807) is 0 Å². The minimum absolute atomic E-state index is 0.0355. The van der Waals surface area contributed by atoms with E-state index in [9.17, 15) is 9.59 Å². The molecule has 7 atom stereocenters. The monoisotopic (exact) mass is 386 g/mol. The van der Waals surface area contributed by atoms with Crippen molar-refractivity contribution in [1.29, 1.82) is 0 Å². The quantitative estimate of drug-likeness (QED) is 0.603. The van der Waals surface area contributed by atoms with E-state index in [1.165, 1.54) is 11.6 Å². The molecule has 4 nitrogen and oxygen atoms in total. The topological polar surface area (TPSA) is 52.6 Å². The number of carbonyl (C=O) groups excluding carboxylic acids is 2. The number of cyclic esters (lactones) is 1. The number of hydrogen-bond donors (Lipinski definition) is 0. The number of rotatable bonds is 6. The van der Waals surface area contributed by atoms with Crippen LogP contribution in [0, 0.1) is 29.6 Å². The zero-order valence-corrected chi connectivity index (χ0v) is 17.6. The van der Waals surface area contributed by atoms with Crippen LogP contribution in [-0.4, -0.2) is 24.1 Å². The highest BCUT2D eigenvalue weighted by Crippen LogP contribution is 2.45. The molecule has 3 unspecified atom stereocenters. The third kappa shape index (κ3) is 4.76. The van der Waals surface area contributed by atoms with E-state index >= 15 is 0 Å². The SMILES string of the molecule is CC[C@H](C)C(=O)O[C@H]1C[C@@H](C)C=C2C=CC(C)C(CC[C@@H]3CC=CC(=O)O3)C21. The molecule has 0 radical (unpaired) electrons. The summed E-state index contributed by atoms with van der Waals surface area (Å²) < 4.78 is 11.5. The van der Waals surface area contributed by atoms with Crippen molar-refractivity contribution >= 4 is 11.9 Å². The van der Waals surface area contributed by atoms with E-state index in [4.69, 9.17) is 9.47 Å². The van der Waals surface area contributed by atoms with Gasteiger partial charge in [-0.05, 0) is 49.0 Å². The average molecular weight is 387 g/mol. The first-order valence-electron chi connectivity index (χ1n) is 10.9. The normalized spacial score (nSPS) is 35.6. The molecule has 1 aliphatic heterocycles. The van der Waals surface area contributed by atoms with Gasteiger partial charge in [-0.25, -0.2) is 4.79 Å². The van der Waals surface area contributed by atoms with Gasteiger partial charge in [0.2, 0.25) is 0 Å². The highest BCUT2D eigenvalue weighted by molar-refractivity contribution is 5.82. The van der Waals surface area contributed by atoms with Gasteiger partial charge < -0.3 is 9.47 Å². The van der Waals surface area contributed by atoms with Crippen LogP contribution in [0.4, 0.5) is 0 Å². The van der Waals surface area contributed by atoms with Gasteiger partial charge in [-0.2, -0.15) is 0 Å². The van der Waals surface area contributed by atoms with Gasteiger partial charge in [0.05, 0.1) is 5.92 Å². The average Bonchev–Trinajstić information content (AvgIpc) is 2.66. The molecule has 0 spiro atoms. The van der Waals surface area contributed by atoms with Crippen LogP contribution in [0.25, 0.3) is 0 Å². The lowest BCUT2D eigenvalue weighted by molar-refractivity contribution is -0.158. The van der Waals surface area contributed by atoms with Crippen molar-refractivity contribution in [2.75, 3.05) is 0 Å². The molecule has 3 aliphatic rings. The maximum Gasteiger partial charge on any atom is 0.330 e. The fourth-order valence-corrected chi connectivity index (χ4v) is 4.78. The maximum atomic E-state index is 12.5. The van der Waals surface area contributed by atoms with E-state index < -0.39 is 0 Å². The Labute approximate surface area is 169 Å². The molecule has 0 fully saturated rings. The van der Waals surface area contributed by atoms with E-state index in [-0.39, 0.29) is 36.0 Å². The lowest BCUT2D eigenvalue weighted by Gasteiger charge is -2.43. The molecule has 4 heteroatoms. The van der Waals surface area contributed by atoms with Crippen molar-refractivity contribution in [3.63, 3.8) is 0 Å². The van der Waals surface area contributed by atoms with Crippen molar-refractivity contribution in [1.82, 2.24) is 0 Å². The molecular formula is C24H34O4. The Balaban J connectivity index is 1.75. The van der Waals surface area contributed by atoms with Gasteiger partial charge in [0.15, 0.2) is 0 Å². The van der Waals surface area contributed by atoms with Gasteiger partial charge in [-0.15, -0.1) is 0 Å². The molecule has 3 rings (SSSR count). The highest BCUT2D eigenvalue weighted by Gasteiger charge is 2.41. The molecule has 0 aromatic heterocycles. The van der Waals surface area contributed by atoms with Gasteiger partial charge in [-0.1, -0.05) is 52.0 Å². The third-order valence-corrected chi connectivity index (χ3v) is 6.64. The fourth-order valence-electron chi connectivity index (χ4n) is 4.78. The highest BCUT2D eigenvalue weighted by atomic mass is 16.5. The number of carbonyl (C=O) groups is 2. The summed E-state index contributed by atoms with van der Waals surface area (Å²) in [6.45, 7) is 8.41. The Morgan fingerprint density at radius 2 is 2.07 bits per heavy atom. The molecular weight excluding hydrogens is 352 g/mol. The van der Waals surface area contributed by atoms with Crippen molar-refractivity contribution in [3.05, 3.63) is 36.0 Å². The lowest BCUT2D eigenvalue weighted by Crippen LogP contribution is -2.41. The Hall–Kier alpha value is -1.84. The summed E-state index contributed by atoms with van der Waals surface area (Å²) in [4.78, 5) is 24.1. The van der Waals surface area contributed by atoms with E-state index in [2.05, 4.69) is 32.1 Å². The number of hydrogen-bond acceptors (Lipinski definition) is 4. The molecule has 0 saturated carbocycles. The standard InChI is InChI=1S/C24H34O4/c1-5-16(3)24(26)28-21-14-15(2)13-18-10-9-17(4)20(23(18)21)12-11-19-7-6-8-22(25)27-19/h6,8-10,13,15-17,19-21,23H,5,7,11-12,14H2,1-4H3/t15-,16-,17?,19-,20?,21-,23?/m0/s1. The predicted octanol–water partition coefficient (Wildman–Crippen LogP) is 5.00. The van der Waals surface area contributed by atoms with Gasteiger partial charge >= 0.3 is 11.9 Å². The lowest BCUT2D eigenvalue weighted by atomic mass is 9.65. The van der Waals surface area contributed by atoms with Gasteiger partial charge in [-0.3, -0.25) is 4.79 Å². The first kappa shape index (κ1) is 20.9. The second-order valence-electron chi connectivity index (χ2n) is 8.85. The van der Waals surface area contributed by atoms with Crippen LogP contribution in [0.3, 0.4) is 0 Å². The summed E-state index contributed by atoms with van der Waals surface area (Å²) in [5.74, 6) is 1.07. The number of esters is 2. The summed E-state index contributed by atoms with van der Waals surface area (Å²) in [6, 6.07) is 0. The number of fused-ring (bicyclic) bond motifs is 1. The summed E-state index contributed by atoms with van der Waals surface area (Å²) in [7, 11) is 0. The first-order valence-corrected chi connectivity index (χ1v) is 10.9. The molecule has 2 aliphatic carbocycles. The van der Waals surface area contributed by atoms with Gasteiger partial charge in [0, 0.05) is 18.4 Å². The Morgan fingerprint density at radius 3 is 2.79 bits per heavy atom. The zero-order chi connectivity index (χ0) is 20.3. The van der Waals surface area contributed by atoms with Crippen LogP contribution in [0.2, 0.25) is 0 Å². The van der Waals surface area contributed by atoms with Crippen LogP contribution in [0.1, 0.15) is 59.8 Å². The van der Waals surface area contributed by atoms with Crippen LogP contribution in [0.15, 0.2) is 36.0 Å². The number of ether oxygens (including phenoxy) is 2. The summed E-state index contributed by atoms with van der Waals surface area (Å²) in [5, 5.41) is 0. The Kier molecular flexibility index (Phi) is 6.79. The molecule has 28 heavy (non-hydrogen) atoms. The maximum absolute atomic E-state index is 12.5. The van der Waals surface area contributed by atoms with Gasteiger partial charge in [0.25, 0.3) is 0 Å². The van der Waals surface area contributed by atoms with Crippen LogP contribution < -0.4 is 0 Å². The smallest absolute Gasteiger partial charge is 0.330 e. The minimum atomic E-state index is -0.236. The molecule has 0 bridgehead atoms. The molecule has 0 amide bonds. The third-order valence-electron chi connectivity index (χ3n) is 6.64. The first-order chi connectivity index (χ1) is 13.4. The summed E-state index contributed by atoms with van der Waals surface area (Å²) in [6.07, 6.45) is 14.5. The molecule has 0 saturated heterocycles. The van der Waals surface area contributed by atoms with Crippen molar-refractivity contribution < 1.29 is 19.1 Å². The van der Waals surface area contributed by atoms with Crippen molar-refractivity contribution in [3.8, 4) is 0 Å². The van der Waals surface area contributed by atoms with Crippen LogP contribution >= 0.6 is 0 Å². The fraction of sp³-hybridized carbons (Fsp3) is 0.667. The number of allylic oxidation sites excluding steroid dienone is 3.